The number of carbonyl (C=O) groups is 1. The third-order valence-corrected chi connectivity index (χ3v) is 4.39. The van der Waals surface area contributed by atoms with Crippen LogP contribution in [0.1, 0.15) is 22.1 Å². The predicted octanol–water partition coefficient (Wildman–Crippen LogP) is 3.46. The number of fused-ring (bicyclic) bond motifs is 1. The second-order valence-corrected chi connectivity index (χ2v) is 5.95. The molecule has 25 heavy (non-hydrogen) atoms. The molecule has 0 aliphatic carbocycles. The normalized spacial score (nSPS) is 16.3. The van der Waals surface area contributed by atoms with Crippen molar-refractivity contribution >= 4 is 28.9 Å². The van der Waals surface area contributed by atoms with Crippen LogP contribution >= 0.6 is 11.6 Å². The van der Waals surface area contributed by atoms with E-state index in [-0.39, 0.29) is 11.6 Å². The molecule has 3 rings (SSSR count). The Morgan fingerprint density at radius 1 is 1.32 bits per heavy atom. The van der Waals surface area contributed by atoms with E-state index >= 15 is 0 Å². The van der Waals surface area contributed by atoms with E-state index in [4.69, 9.17) is 16.3 Å². The largest absolute Gasteiger partial charge is 0.383 e. The Bertz CT molecular complexity index is 827. The summed E-state index contributed by atoms with van der Waals surface area (Å²) in [5, 5.41) is 14.7. The van der Waals surface area contributed by atoms with Gasteiger partial charge in [-0.1, -0.05) is 23.7 Å². The van der Waals surface area contributed by atoms with Crippen molar-refractivity contribution in [1.82, 2.24) is 4.90 Å². The third-order valence-electron chi connectivity index (χ3n) is 4.04. The van der Waals surface area contributed by atoms with E-state index in [2.05, 4.69) is 5.32 Å². The van der Waals surface area contributed by atoms with Crippen molar-refractivity contribution in [2.45, 2.75) is 6.17 Å². The molecule has 8 heteroatoms. The number of nitrogens with zero attached hydrogens (tertiary/aromatic N) is 2. The van der Waals surface area contributed by atoms with Gasteiger partial charge in [0, 0.05) is 42.1 Å². The topological polar surface area (TPSA) is 84.7 Å². The number of nitro groups is 1. The van der Waals surface area contributed by atoms with Crippen LogP contribution < -0.4 is 5.32 Å². The molecule has 2 aromatic rings. The molecule has 1 N–H and O–H groups in total. The van der Waals surface area contributed by atoms with E-state index in [0.29, 0.717) is 35.0 Å². The summed E-state index contributed by atoms with van der Waals surface area (Å²) >= 11 is 6.28. The zero-order chi connectivity index (χ0) is 18.0. The van der Waals surface area contributed by atoms with Crippen molar-refractivity contribution in [1.29, 1.82) is 0 Å². The first-order chi connectivity index (χ1) is 12.0. The lowest BCUT2D eigenvalue weighted by molar-refractivity contribution is -0.384. The van der Waals surface area contributed by atoms with Crippen LogP contribution in [0.4, 0.5) is 11.4 Å². The van der Waals surface area contributed by atoms with Crippen LogP contribution in [0.5, 0.6) is 0 Å². The van der Waals surface area contributed by atoms with Crippen LogP contribution in [0.25, 0.3) is 0 Å². The standard InChI is InChI=1S/C17H16ClN3O4/c1-25-9-8-20-16(13-10-11(21(23)24)6-7-14(13)18)19-15-5-3-2-4-12(15)17(20)22/h2-7,10,16,19H,8-9H2,1H3/t16-/m0/s1. The maximum Gasteiger partial charge on any atom is 0.269 e. The van der Waals surface area contributed by atoms with Gasteiger partial charge in [0.2, 0.25) is 0 Å². The fourth-order valence-electron chi connectivity index (χ4n) is 2.81. The van der Waals surface area contributed by atoms with Gasteiger partial charge in [-0.05, 0) is 18.2 Å². The van der Waals surface area contributed by atoms with E-state index in [1.54, 1.807) is 30.2 Å². The first-order valence-electron chi connectivity index (χ1n) is 7.62. The molecule has 1 heterocycles. The number of nitro benzene ring substituents is 1. The minimum Gasteiger partial charge on any atom is -0.383 e. The molecule has 0 bridgehead atoms. The Morgan fingerprint density at radius 3 is 2.80 bits per heavy atom. The van der Waals surface area contributed by atoms with Gasteiger partial charge in [-0.15, -0.1) is 0 Å². The Morgan fingerprint density at radius 2 is 2.08 bits per heavy atom. The summed E-state index contributed by atoms with van der Waals surface area (Å²) in [6.07, 6.45) is -0.620. The number of hydrogen-bond donors (Lipinski definition) is 1. The van der Waals surface area contributed by atoms with E-state index in [1.165, 1.54) is 18.2 Å². The number of halogens is 1. The van der Waals surface area contributed by atoms with Gasteiger partial charge in [0.05, 0.1) is 17.1 Å². The van der Waals surface area contributed by atoms with Gasteiger partial charge >= 0.3 is 0 Å². The third kappa shape index (κ3) is 3.29. The van der Waals surface area contributed by atoms with Gasteiger partial charge in [0.1, 0.15) is 6.17 Å². The molecule has 0 aromatic heterocycles. The SMILES string of the molecule is COCCN1C(=O)c2ccccc2N[C@@H]1c1cc([N+](=O)[O-])ccc1Cl. The number of hydrogen-bond acceptors (Lipinski definition) is 5. The van der Waals surface area contributed by atoms with Crippen LogP contribution in [-0.4, -0.2) is 36.0 Å². The number of non-ortho nitro benzene ring substituents is 1. The van der Waals surface area contributed by atoms with Crippen LogP contribution in [-0.2, 0) is 4.74 Å². The van der Waals surface area contributed by atoms with E-state index in [9.17, 15) is 14.9 Å². The summed E-state index contributed by atoms with van der Waals surface area (Å²) in [5.41, 5.74) is 1.58. The lowest BCUT2D eigenvalue weighted by atomic mass is 10.0. The van der Waals surface area contributed by atoms with Crippen LogP contribution in [0, 0.1) is 10.1 Å². The average molecular weight is 362 g/mol. The van der Waals surface area contributed by atoms with Gasteiger partial charge in [-0.25, -0.2) is 0 Å². The molecule has 0 spiro atoms. The van der Waals surface area contributed by atoms with Crippen molar-refractivity contribution in [3.63, 3.8) is 0 Å². The number of rotatable bonds is 5. The highest BCUT2D eigenvalue weighted by atomic mass is 35.5. The number of anilines is 1. The van der Waals surface area contributed by atoms with Gasteiger partial charge in [0.15, 0.2) is 0 Å². The highest BCUT2D eigenvalue weighted by Gasteiger charge is 2.34. The fraction of sp³-hybridized carbons (Fsp3) is 0.235. The monoisotopic (exact) mass is 361 g/mol. The molecule has 2 aromatic carbocycles. The maximum atomic E-state index is 12.9. The number of ether oxygens (including phenoxy) is 1. The van der Waals surface area contributed by atoms with E-state index < -0.39 is 11.1 Å². The summed E-state index contributed by atoms with van der Waals surface area (Å²) < 4.78 is 5.09. The molecule has 1 atom stereocenters. The molecular formula is C17H16ClN3O4. The Hall–Kier alpha value is -2.64. The van der Waals surface area contributed by atoms with Crippen molar-refractivity contribution in [3.05, 3.63) is 68.7 Å². The highest BCUT2D eigenvalue weighted by molar-refractivity contribution is 6.31. The second kappa shape index (κ2) is 7.08. The maximum absolute atomic E-state index is 12.9. The number of para-hydroxylation sites is 1. The van der Waals surface area contributed by atoms with Crippen molar-refractivity contribution in [3.8, 4) is 0 Å². The Balaban J connectivity index is 2.08. The van der Waals surface area contributed by atoms with Crippen molar-refractivity contribution in [2.24, 2.45) is 0 Å². The first kappa shape index (κ1) is 17.2. The molecule has 0 saturated carbocycles. The molecule has 130 valence electrons. The molecule has 1 aliphatic rings. The number of nitrogens with one attached hydrogen (secondary N) is 1. The van der Waals surface area contributed by atoms with Gasteiger partial charge in [0.25, 0.3) is 11.6 Å². The minimum atomic E-state index is -0.620. The number of carbonyl (C=O) groups excluding carboxylic acids is 1. The lowest BCUT2D eigenvalue weighted by Gasteiger charge is -2.38. The summed E-state index contributed by atoms with van der Waals surface area (Å²) in [6, 6.07) is 11.3. The zero-order valence-electron chi connectivity index (χ0n) is 13.4. The van der Waals surface area contributed by atoms with Crippen LogP contribution in [0.2, 0.25) is 5.02 Å². The molecule has 1 aliphatic heterocycles. The van der Waals surface area contributed by atoms with Crippen LogP contribution in [0.3, 0.4) is 0 Å². The molecular weight excluding hydrogens is 346 g/mol. The van der Waals surface area contributed by atoms with Gasteiger partial charge in [-0.2, -0.15) is 0 Å². The van der Waals surface area contributed by atoms with Gasteiger partial charge < -0.3 is 15.0 Å². The lowest BCUT2D eigenvalue weighted by Crippen LogP contribution is -2.44. The molecule has 0 fully saturated rings. The minimum absolute atomic E-state index is 0.0841. The number of amides is 1. The van der Waals surface area contributed by atoms with Crippen molar-refractivity contribution < 1.29 is 14.5 Å². The Labute approximate surface area is 149 Å². The zero-order valence-corrected chi connectivity index (χ0v) is 14.2. The smallest absolute Gasteiger partial charge is 0.269 e. The molecule has 0 radical (unpaired) electrons. The average Bonchev–Trinajstić information content (AvgIpc) is 2.61. The van der Waals surface area contributed by atoms with E-state index in [1.807, 2.05) is 6.07 Å². The van der Waals surface area contributed by atoms with E-state index in [0.717, 1.165) is 0 Å². The molecule has 1 amide bonds. The molecule has 7 nitrogen and oxygen atoms in total. The Kier molecular flexibility index (Phi) is 4.87. The highest BCUT2D eigenvalue weighted by Crippen LogP contribution is 2.37. The predicted molar refractivity (Wildman–Crippen MR) is 93.8 cm³/mol. The molecule has 0 unspecified atom stereocenters. The number of methoxy groups -OCH3 is 1. The fourth-order valence-corrected chi connectivity index (χ4v) is 3.03. The summed E-state index contributed by atoms with van der Waals surface area (Å²) in [7, 11) is 1.55. The second-order valence-electron chi connectivity index (χ2n) is 5.55. The summed E-state index contributed by atoms with van der Waals surface area (Å²) in [4.78, 5) is 25.1. The van der Waals surface area contributed by atoms with Gasteiger partial charge in [-0.3, -0.25) is 14.9 Å². The molecule has 0 saturated heterocycles. The first-order valence-corrected chi connectivity index (χ1v) is 8.00. The quantitative estimate of drug-likeness (QED) is 0.651. The number of benzene rings is 2. The van der Waals surface area contributed by atoms with Crippen LogP contribution in [0.15, 0.2) is 42.5 Å². The summed E-state index contributed by atoms with van der Waals surface area (Å²) in [6.45, 7) is 0.652. The van der Waals surface area contributed by atoms with Crippen molar-refractivity contribution in [2.75, 3.05) is 25.6 Å². The summed E-state index contributed by atoms with van der Waals surface area (Å²) in [5.74, 6) is -0.182.